The third-order valence-corrected chi connectivity index (χ3v) is 7.25. The van der Waals surface area contributed by atoms with E-state index >= 15 is 0 Å². The molecule has 198 valence electrons. The molecule has 5 rings (SSSR count). The Morgan fingerprint density at radius 2 is 1.74 bits per heavy atom. The van der Waals surface area contributed by atoms with Crippen molar-refractivity contribution in [3.63, 3.8) is 0 Å². The Balaban J connectivity index is 1.12. The highest BCUT2D eigenvalue weighted by molar-refractivity contribution is 7.80. The molecule has 0 spiro atoms. The molecule has 1 saturated heterocycles. The van der Waals surface area contributed by atoms with Gasteiger partial charge >= 0.3 is 0 Å². The van der Waals surface area contributed by atoms with E-state index in [9.17, 15) is 19.7 Å². The normalized spacial score (nSPS) is 13.1. The van der Waals surface area contributed by atoms with Crippen molar-refractivity contribution in [2.45, 2.75) is 0 Å². The standard InChI is InChI=1S/C27H23N5O5S2/c33-25(23-11-10-22(37-23)18-3-1-4-21(17-18)32(35)36)29-27(38)28-19-6-8-20(9-7-19)30-12-14-31(15-13-30)26(34)24-5-2-16-39-24/h1-11,16-17H,12-15H2,(H2,28,29,33,38). The highest BCUT2D eigenvalue weighted by atomic mass is 32.1. The highest BCUT2D eigenvalue weighted by Crippen LogP contribution is 2.26. The molecule has 0 radical (unpaired) electrons. The monoisotopic (exact) mass is 561 g/mol. The minimum absolute atomic E-state index is 0.0210. The van der Waals surface area contributed by atoms with Gasteiger partial charge in [0.2, 0.25) is 0 Å². The van der Waals surface area contributed by atoms with Gasteiger partial charge in [0.15, 0.2) is 10.9 Å². The summed E-state index contributed by atoms with van der Waals surface area (Å²) < 4.78 is 5.59. The number of piperazine rings is 1. The summed E-state index contributed by atoms with van der Waals surface area (Å²) in [5, 5.41) is 18.6. The number of amides is 2. The molecule has 12 heteroatoms. The van der Waals surface area contributed by atoms with Crippen LogP contribution in [0.15, 0.2) is 82.6 Å². The van der Waals surface area contributed by atoms with Crippen LogP contribution in [0.25, 0.3) is 11.3 Å². The Hall–Kier alpha value is -4.55. The maximum atomic E-state index is 12.6. The molecule has 1 aliphatic heterocycles. The number of benzene rings is 2. The average molecular weight is 562 g/mol. The Labute approximate surface area is 233 Å². The molecule has 3 heterocycles. The number of rotatable bonds is 6. The average Bonchev–Trinajstić information content (AvgIpc) is 3.67. The molecule has 2 aromatic carbocycles. The van der Waals surface area contributed by atoms with Gasteiger partial charge in [0, 0.05) is 55.2 Å². The zero-order valence-electron chi connectivity index (χ0n) is 20.5. The molecule has 2 aromatic heterocycles. The topological polar surface area (TPSA) is 121 Å². The van der Waals surface area contributed by atoms with Gasteiger partial charge in [-0.05, 0) is 60.1 Å². The molecule has 2 amide bonds. The quantitative estimate of drug-likeness (QED) is 0.192. The van der Waals surface area contributed by atoms with Crippen LogP contribution >= 0.6 is 23.6 Å². The van der Waals surface area contributed by atoms with E-state index in [1.165, 1.54) is 29.5 Å². The predicted octanol–water partition coefficient (Wildman–Crippen LogP) is 5.01. The van der Waals surface area contributed by atoms with Crippen LogP contribution in [-0.4, -0.2) is 52.9 Å². The summed E-state index contributed by atoms with van der Waals surface area (Å²) >= 11 is 6.74. The largest absolute Gasteiger partial charge is 0.451 e. The molecule has 4 aromatic rings. The fourth-order valence-electron chi connectivity index (χ4n) is 4.19. The number of nitro groups is 1. The molecular weight excluding hydrogens is 538 g/mol. The number of nitrogens with one attached hydrogen (secondary N) is 2. The molecule has 0 saturated carbocycles. The van der Waals surface area contributed by atoms with E-state index in [2.05, 4.69) is 15.5 Å². The fraction of sp³-hybridized carbons (Fsp3) is 0.148. The number of thiophene rings is 1. The van der Waals surface area contributed by atoms with Crippen molar-refractivity contribution in [3.8, 4) is 11.3 Å². The van der Waals surface area contributed by atoms with E-state index in [0.717, 1.165) is 23.7 Å². The summed E-state index contributed by atoms with van der Waals surface area (Å²) in [5.41, 5.74) is 2.15. The van der Waals surface area contributed by atoms with Crippen LogP contribution < -0.4 is 15.5 Å². The number of hydrogen-bond acceptors (Lipinski definition) is 8. The van der Waals surface area contributed by atoms with E-state index in [1.54, 1.807) is 18.2 Å². The van der Waals surface area contributed by atoms with Gasteiger partial charge in [0.25, 0.3) is 17.5 Å². The molecule has 1 aliphatic rings. The number of carbonyl (C=O) groups is 2. The molecule has 39 heavy (non-hydrogen) atoms. The number of furan rings is 1. The maximum absolute atomic E-state index is 12.6. The van der Waals surface area contributed by atoms with E-state index in [-0.39, 0.29) is 22.5 Å². The lowest BCUT2D eigenvalue weighted by Crippen LogP contribution is -2.48. The van der Waals surface area contributed by atoms with Crippen LogP contribution in [-0.2, 0) is 0 Å². The lowest BCUT2D eigenvalue weighted by atomic mass is 10.1. The number of thiocarbonyl (C=S) groups is 1. The van der Waals surface area contributed by atoms with Crippen molar-refractivity contribution in [1.29, 1.82) is 0 Å². The third kappa shape index (κ3) is 6.13. The molecule has 0 atom stereocenters. The zero-order chi connectivity index (χ0) is 27.4. The summed E-state index contributed by atoms with van der Waals surface area (Å²) in [6.07, 6.45) is 0. The lowest BCUT2D eigenvalue weighted by Gasteiger charge is -2.36. The fourth-order valence-corrected chi connectivity index (χ4v) is 5.10. The first-order valence-corrected chi connectivity index (χ1v) is 13.3. The summed E-state index contributed by atoms with van der Waals surface area (Å²) in [6.45, 7) is 2.78. The van der Waals surface area contributed by atoms with Crippen molar-refractivity contribution in [3.05, 3.63) is 98.9 Å². The van der Waals surface area contributed by atoms with Gasteiger partial charge in [-0.3, -0.25) is 25.0 Å². The summed E-state index contributed by atoms with van der Waals surface area (Å²) in [7, 11) is 0. The smallest absolute Gasteiger partial charge is 0.293 e. The number of non-ortho nitro benzene ring substituents is 1. The molecule has 2 N–H and O–H groups in total. The second-order valence-electron chi connectivity index (χ2n) is 8.68. The minimum atomic E-state index is -0.546. The van der Waals surface area contributed by atoms with Crippen LogP contribution in [0.3, 0.4) is 0 Å². The molecule has 10 nitrogen and oxygen atoms in total. The first-order valence-electron chi connectivity index (χ1n) is 12.0. The molecule has 0 unspecified atom stereocenters. The third-order valence-electron chi connectivity index (χ3n) is 6.19. The number of nitro benzene ring substituents is 1. The summed E-state index contributed by atoms with van der Waals surface area (Å²) in [4.78, 5) is 40.5. The van der Waals surface area contributed by atoms with Crippen LogP contribution in [0.4, 0.5) is 17.1 Å². The van der Waals surface area contributed by atoms with E-state index in [1.807, 2.05) is 46.7 Å². The van der Waals surface area contributed by atoms with Gasteiger partial charge in [-0.25, -0.2) is 0 Å². The van der Waals surface area contributed by atoms with Crippen molar-refractivity contribution in [1.82, 2.24) is 10.2 Å². The number of hydrogen-bond donors (Lipinski definition) is 2. The Bertz CT molecular complexity index is 1510. The van der Waals surface area contributed by atoms with E-state index < -0.39 is 10.8 Å². The van der Waals surface area contributed by atoms with Crippen LogP contribution in [0.5, 0.6) is 0 Å². The minimum Gasteiger partial charge on any atom is -0.451 e. The Morgan fingerprint density at radius 3 is 2.44 bits per heavy atom. The Morgan fingerprint density at radius 1 is 0.974 bits per heavy atom. The van der Waals surface area contributed by atoms with E-state index in [0.29, 0.717) is 30.1 Å². The van der Waals surface area contributed by atoms with Crippen molar-refractivity contribution in [2.75, 3.05) is 36.4 Å². The molecule has 1 fully saturated rings. The number of nitrogens with zero attached hydrogens (tertiary/aromatic N) is 3. The first kappa shape index (κ1) is 26.1. The maximum Gasteiger partial charge on any atom is 0.293 e. The summed E-state index contributed by atoms with van der Waals surface area (Å²) in [6, 6.07) is 20.4. The van der Waals surface area contributed by atoms with E-state index in [4.69, 9.17) is 16.6 Å². The van der Waals surface area contributed by atoms with Gasteiger partial charge < -0.3 is 19.5 Å². The number of anilines is 2. The van der Waals surface area contributed by atoms with Gasteiger partial charge in [-0.1, -0.05) is 18.2 Å². The second kappa shape index (κ2) is 11.5. The van der Waals surface area contributed by atoms with Crippen LogP contribution in [0, 0.1) is 10.1 Å². The van der Waals surface area contributed by atoms with Gasteiger partial charge in [-0.2, -0.15) is 0 Å². The van der Waals surface area contributed by atoms with Crippen molar-refractivity contribution >= 4 is 57.5 Å². The van der Waals surface area contributed by atoms with Crippen LogP contribution in [0.1, 0.15) is 20.2 Å². The SMILES string of the molecule is O=C(NC(=S)Nc1ccc(N2CCN(C(=O)c3cccs3)CC2)cc1)c1ccc(-c2cccc([N+](=O)[O-])c2)o1. The predicted molar refractivity (Wildman–Crippen MR) is 153 cm³/mol. The zero-order valence-corrected chi connectivity index (χ0v) is 22.2. The first-order chi connectivity index (χ1) is 18.9. The van der Waals surface area contributed by atoms with Crippen LogP contribution in [0.2, 0.25) is 0 Å². The second-order valence-corrected chi connectivity index (χ2v) is 10.0. The highest BCUT2D eigenvalue weighted by Gasteiger charge is 2.23. The molecule has 0 bridgehead atoms. The van der Waals surface area contributed by atoms with Crippen molar-refractivity contribution < 1.29 is 18.9 Å². The summed E-state index contributed by atoms with van der Waals surface area (Å²) in [5.74, 6) is -0.118. The molecular formula is C27H23N5O5S2. The lowest BCUT2D eigenvalue weighted by molar-refractivity contribution is -0.384. The van der Waals surface area contributed by atoms with Crippen molar-refractivity contribution in [2.24, 2.45) is 0 Å². The van der Waals surface area contributed by atoms with Gasteiger partial charge in [0.05, 0.1) is 9.80 Å². The van der Waals surface area contributed by atoms with Gasteiger partial charge in [-0.15, -0.1) is 11.3 Å². The Kier molecular flexibility index (Phi) is 7.66. The van der Waals surface area contributed by atoms with Gasteiger partial charge in [0.1, 0.15) is 5.76 Å². The number of carbonyl (C=O) groups excluding carboxylic acids is 2. The molecule has 0 aliphatic carbocycles.